The zero-order valence-corrected chi connectivity index (χ0v) is 20.1. The number of anilines is 2. The number of nitrogen functional groups attached to an aromatic ring is 1. The SMILES string of the molecule is Nc1ccc2c(cnn2CC#Cc2cnc(N3CCC4(CC3)Cc3ccccc3[C@H]4N)c(CO)n2)c1. The first-order valence-electron chi connectivity index (χ1n) is 12.3. The molecule has 2 aromatic heterocycles. The van der Waals surface area contributed by atoms with Gasteiger partial charge < -0.3 is 21.5 Å². The molecular weight excluding hydrogens is 450 g/mol. The average molecular weight is 480 g/mol. The summed E-state index contributed by atoms with van der Waals surface area (Å²) in [4.78, 5) is 11.5. The Bertz CT molecular complexity index is 1490. The molecule has 1 saturated heterocycles. The maximum Gasteiger partial charge on any atom is 0.152 e. The lowest BCUT2D eigenvalue weighted by Crippen LogP contribution is -2.45. The minimum atomic E-state index is -0.185. The van der Waals surface area contributed by atoms with Crippen LogP contribution in [0.3, 0.4) is 0 Å². The Morgan fingerprint density at radius 1 is 1.11 bits per heavy atom. The number of benzene rings is 2. The van der Waals surface area contributed by atoms with Crippen molar-refractivity contribution in [3.8, 4) is 11.8 Å². The van der Waals surface area contributed by atoms with Crippen molar-refractivity contribution in [1.82, 2.24) is 19.7 Å². The number of hydrogen-bond acceptors (Lipinski definition) is 7. The maximum absolute atomic E-state index is 10.0. The third-order valence-electron chi connectivity index (χ3n) is 7.73. The van der Waals surface area contributed by atoms with Crippen LogP contribution in [0.1, 0.15) is 41.4 Å². The van der Waals surface area contributed by atoms with Crippen molar-refractivity contribution in [3.05, 3.63) is 77.4 Å². The summed E-state index contributed by atoms with van der Waals surface area (Å²) in [6.45, 7) is 1.91. The topological polar surface area (TPSA) is 119 Å². The van der Waals surface area contributed by atoms with Gasteiger partial charge in [0, 0.05) is 30.2 Å². The molecule has 8 nitrogen and oxygen atoms in total. The maximum atomic E-state index is 10.0. The van der Waals surface area contributed by atoms with Gasteiger partial charge in [-0.3, -0.25) is 4.68 Å². The second-order valence-electron chi connectivity index (χ2n) is 9.81. The molecule has 0 unspecified atom stereocenters. The lowest BCUT2D eigenvalue weighted by Gasteiger charge is -2.42. The van der Waals surface area contributed by atoms with E-state index in [1.807, 2.05) is 22.9 Å². The van der Waals surface area contributed by atoms with Gasteiger partial charge >= 0.3 is 0 Å². The number of nitrogens with zero attached hydrogens (tertiary/aromatic N) is 5. The summed E-state index contributed by atoms with van der Waals surface area (Å²) < 4.78 is 1.83. The number of aliphatic hydroxyl groups excluding tert-OH is 1. The molecule has 8 heteroatoms. The van der Waals surface area contributed by atoms with Crippen LogP contribution in [-0.4, -0.2) is 37.9 Å². The van der Waals surface area contributed by atoms with E-state index >= 15 is 0 Å². The first-order valence-corrected chi connectivity index (χ1v) is 12.3. The van der Waals surface area contributed by atoms with E-state index < -0.39 is 0 Å². The van der Waals surface area contributed by atoms with Crippen LogP contribution in [0.15, 0.2) is 54.9 Å². The molecule has 0 amide bonds. The highest BCUT2D eigenvalue weighted by Crippen LogP contribution is 2.51. The lowest BCUT2D eigenvalue weighted by atomic mass is 9.73. The van der Waals surface area contributed by atoms with Gasteiger partial charge in [0.1, 0.15) is 17.9 Å². The van der Waals surface area contributed by atoms with E-state index in [9.17, 15) is 5.11 Å². The van der Waals surface area contributed by atoms with E-state index in [0.717, 1.165) is 49.1 Å². The summed E-state index contributed by atoms with van der Waals surface area (Å²) in [6, 6.07) is 14.3. The van der Waals surface area contributed by atoms with Gasteiger partial charge in [-0.25, -0.2) is 9.97 Å². The second kappa shape index (κ2) is 8.94. The Balaban J connectivity index is 1.15. The lowest BCUT2D eigenvalue weighted by molar-refractivity contribution is 0.186. The monoisotopic (exact) mass is 479 g/mol. The van der Waals surface area contributed by atoms with Crippen molar-refractivity contribution >= 4 is 22.4 Å². The van der Waals surface area contributed by atoms with E-state index in [4.69, 9.17) is 11.5 Å². The fourth-order valence-electron chi connectivity index (χ4n) is 5.76. The normalized spacial score (nSPS) is 18.3. The quantitative estimate of drug-likeness (QED) is 0.305. The molecule has 1 spiro atoms. The van der Waals surface area contributed by atoms with Crippen molar-refractivity contribution in [3.63, 3.8) is 0 Å². The van der Waals surface area contributed by atoms with Crippen LogP contribution in [0.5, 0.6) is 0 Å². The van der Waals surface area contributed by atoms with Crippen LogP contribution in [0.4, 0.5) is 11.5 Å². The molecule has 0 bridgehead atoms. The molecule has 1 aliphatic carbocycles. The summed E-state index contributed by atoms with van der Waals surface area (Å²) in [7, 11) is 0. The molecule has 0 radical (unpaired) electrons. The first kappa shape index (κ1) is 22.5. The number of piperidine rings is 1. The van der Waals surface area contributed by atoms with Gasteiger partial charge in [0.15, 0.2) is 5.82 Å². The van der Waals surface area contributed by atoms with Crippen LogP contribution in [-0.2, 0) is 19.6 Å². The molecule has 36 heavy (non-hydrogen) atoms. The van der Waals surface area contributed by atoms with E-state index in [1.165, 1.54) is 11.1 Å². The molecule has 1 aliphatic heterocycles. The molecule has 1 fully saturated rings. The molecule has 6 rings (SSSR count). The van der Waals surface area contributed by atoms with Crippen LogP contribution in [0, 0.1) is 17.3 Å². The Morgan fingerprint density at radius 3 is 2.75 bits per heavy atom. The van der Waals surface area contributed by atoms with Gasteiger partial charge in [-0.1, -0.05) is 30.2 Å². The average Bonchev–Trinajstić information content (AvgIpc) is 3.42. The Labute approximate surface area is 210 Å². The number of aliphatic hydroxyl groups is 1. The molecule has 0 saturated carbocycles. The van der Waals surface area contributed by atoms with Crippen molar-refractivity contribution in [2.45, 2.75) is 38.5 Å². The molecule has 2 aliphatic rings. The standard InChI is InChI=1S/C28H29N7O/c29-21-7-8-25-20(14-21)16-32-35(25)11-3-5-22-17-31-27(24(18-36)33-22)34-12-9-28(10-13-34)15-19-4-1-2-6-23(19)26(28)30/h1-2,4,6-8,14,16-17,26,36H,9-13,15,18,29-30H2/t26-/m1/s1. The highest BCUT2D eigenvalue weighted by atomic mass is 16.3. The van der Waals surface area contributed by atoms with Gasteiger partial charge in [-0.15, -0.1) is 0 Å². The predicted octanol–water partition coefficient (Wildman–Crippen LogP) is 2.80. The number of fused-ring (bicyclic) bond motifs is 2. The zero-order valence-electron chi connectivity index (χ0n) is 20.1. The first-order chi connectivity index (χ1) is 17.6. The summed E-state index contributed by atoms with van der Waals surface area (Å²) in [5, 5.41) is 15.4. The Morgan fingerprint density at radius 2 is 1.94 bits per heavy atom. The molecule has 3 heterocycles. The Kier molecular flexibility index (Phi) is 5.59. The molecule has 5 N–H and O–H groups in total. The minimum absolute atomic E-state index is 0.0705. The van der Waals surface area contributed by atoms with Gasteiger partial charge in [0.25, 0.3) is 0 Å². The summed E-state index contributed by atoms with van der Waals surface area (Å²) in [6.07, 6.45) is 6.47. The second-order valence-corrected chi connectivity index (χ2v) is 9.81. The van der Waals surface area contributed by atoms with E-state index in [-0.39, 0.29) is 18.1 Å². The number of rotatable bonds is 3. The number of aromatic nitrogens is 4. The van der Waals surface area contributed by atoms with Gasteiger partial charge in [0.05, 0.1) is 24.5 Å². The number of hydrogen-bond donors (Lipinski definition) is 3. The minimum Gasteiger partial charge on any atom is -0.399 e. The van der Waals surface area contributed by atoms with Crippen molar-refractivity contribution in [2.24, 2.45) is 11.1 Å². The largest absolute Gasteiger partial charge is 0.399 e. The van der Waals surface area contributed by atoms with Gasteiger partial charge in [-0.05, 0) is 59.9 Å². The summed E-state index contributed by atoms with van der Waals surface area (Å²) >= 11 is 0. The Hall–Kier alpha value is -3.93. The fourth-order valence-corrected chi connectivity index (χ4v) is 5.76. The van der Waals surface area contributed by atoms with Crippen molar-refractivity contribution in [2.75, 3.05) is 23.7 Å². The number of nitrogens with two attached hydrogens (primary N) is 2. The third-order valence-corrected chi connectivity index (χ3v) is 7.73. The fraction of sp³-hybridized carbons (Fsp3) is 0.321. The zero-order chi connectivity index (χ0) is 24.7. The molecular formula is C28H29N7O. The molecule has 1 atom stereocenters. The third kappa shape index (κ3) is 3.87. The van der Waals surface area contributed by atoms with E-state index in [2.05, 4.69) is 56.1 Å². The van der Waals surface area contributed by atoms with Crippen LogP contribution in [0.25, 0.3) is 10.9 Å². The highest BCUT2D eigenvalue weighted by molar-refractivity contribution is 5.82. The van der Waals surface area contributed by atoms with Gasteiger partial charge in [0.2, 0.25) is 0 Å². The predicted molar refractivity (Wildman–Crippen MR) is 140 cm³/mol. The van der Waals surface area contributed by atoms with E-state index in [0.29, 0.717) is 23.6 Å². The molecule has 182 valence electrons. The van der Waals surface area contributed by atoms with Gasteiger partial charge in [-0.2, -0.15) is 5.10 Å². The smallest absolute Gasteiger partial charge is 0.152 e. The van der Waals surface area contributed by atoms with E-state index in [1.54, 1.807) is 12.4 Å². The van der Waals surface area contributed by atoms with Crippen LogP contribution < -0.4 is 16.4 Å². The molecule has 2 aromatic carbocycles. The highest BCUT2D eigenvalue weighted by Gasteiger charge is 2.46. The van der Waals surface area contributed by atoms with Crippen molar-refractivity contribution in [1.29, 1.82) is 0 Å². The molecule has 4 aromatic rings. The summed E-state index contributed by atoms with van der Waals surface area (Å²) in [5.74, 6) is 6.91. The van der Waals surface area contributed by atoms with Crippen LogP contribution in [0.2, 0.25) is 0 Å². The summed E-state index contributed by atoms with van der Waals surface area (Å²) in [5.41, 5.74) is 18.1. The van der Waals surface area contributed by atoms with Crippen LogP contribution >= 0.6 is 0 Å². The van der Waals surface area contributed by atoms with Crippen molar-refractivity contribution < 1.29 is 5.11 Å².